The van der Waals surface area contributed by atoms with Crippen LogP contribution in [0.15, 0.2) is 30.6 Å². The molecule has 76 valence electrons. The highest BCUT2D eigenvalue weighted by molar-refractivity contribution is 5.92. The summed E-state index contributed by atoms with van der Waals surface area (Å²) >= 11 is 0. The van der Waals surface area contributed by atoms with E-state index in [2.05, 4.69) is 9.97 Å². The van der Waals surface area contributed by atoms with Crippen molar-refractivity contribution in [3.8, 4) is 11.3 Å². The fourth-order valence-corrected chi connectivity index (χ4v) is 1.31. The Morgan fingerprint density at radius 3 is 2.80 bits per heavy atom. The molecule has 0 unspecified atom stereocenters. The summed E-state index contributed by atoms with van der Waals surface area (Å²) < 4.78 is 13.3. The average molecular weight is 206 g/mol. The van der Waals surface area contributed by atoms with Crippen LogP contribution in [0, 0.1) is 5.82 Å². The number of halogens is 1. The average Bonchev–Trinajstić information content (AvgIpc) is 2.67. The Balaban J connectivity index is 2.59. The van der Waals surface area contributed by atoms with Gasteiger partial charge < -0.3 is 10.1 Å². The Labute approximate surface area is 84.4 Å². The third kappa shape index (κ3) is 1.59. The lowest BCUT2D eigenvalue weighted by molar-refractivity contribution is 0.0692. The number of benzene rings is 1. The maximum Gasteiger partial charge on any atom is 0.354 e. The number of imidazole rings is 1. The molecule has 1 heterocycles. The van der Waals surface area contributed by atoms with E-state index in [1.165, 1.54) is 24.5 Å². The molecule has 0 amide bonds. The van der Waals surface area contributed by atoms with Gasteiger partial charge >= 0.3 is 5.97 Å². The normalized spacial score (nSPS) is 10.2. The lowest BCUT2D eigenvalue weighted by Crippen LogP contribution is -1.99. The minimum absolute atomic E-state index is 0.111. The van der Waals surface area contributed by atoms with Crippen LogP contribution in [0.1, 0.15) is 10.5 Å². The molecule has 1 aromatic carbocycles. The molecule has 0 fully saturated rings. The molecule has 0 aliphatic carbocycles. The van der Waals surface area contributed by atoms with Crippen LogP contribution in [-0.2, 0) is 0 Å². The highest BCUT2D eigenvalue weighted by Crippen LogP contribution is 2.22. The first-order valence-corrected chi connectivity index (χ1v) is 4.21. The summed E-state index contributed by atoms with van der Waals surface area (Å²) in [6.07, 6.45) is 1.23. The lowest BCUT2D eigenvalue weighted by Gasteiger charge is -1.99. The predicted molar refractivity (Wildman–Crippen MR) is 50.9 cm³/mol. The maximum atomic E-state index is 13.3. The number of carboxylic acids is 1. The molecule has 1 aromatic heterocycles. The van der Waals surface area contributed by atoms with Gasteiger partial charge in [0.15, 0.2) is 5.69 Å². The second-order valence-electron chi connectivity index (χ2n) is 2.91. The van der Waals surface area contributed by atoms with Crippen molar-refractivity contribution in [1.29, 1.82) is 0 Å². The Bertz CT molecular complexity index is 508. The summed E-state index contributed by atoms with van der Waals surface area (Å²) in [5.41, 5.74) is 0.178. The molecule has 0 aliphatic rings. The monoisotopic (exact) mass is 206 g/mol. The molecule has 2 aromatic rings. The molecule has 0 saturated heterocycles. The first-order chi connectivity index (χ1) is 7.20. The molecule has 2 N–H and O–H groups in total. The van der Waals surface area contributed by atoms with Gasteiger partial charge in [-0.3, -0.25) is 0 Å². The van der Waals surface area contributed by atoms with E-state index in [0.29, 0.717) is 0 Å². The topological polar surface area (TPSA) is 66.0 Å². The van der Waals surface area contributed by atoms with Crippen LogP contribution in [-0.4, -0.2) is 21.0 Å². The van der Waals surface area contributed by atoms with Gasteiger partial charge in [-0.2, -0.15) is 0 Å². The quantitative estimate of drug-likeness (QED) is 0.788. The second kappa shape index (κ2) is 3.53. The fraction of sp³-hybridized carbons (Fsp3) is 0. The first kappa shape index (κ1) is 9.39. The number of aromatic amines is 1. The summed E-state index contributed by atoms with van der Waals surface area (Å²) in [5.74, 6) is -1.65. The maximum absolute atomic E-state index is 13.3. The van der Waals surface area contributed by atoms with Crippen molar-refractivity contribution in [2.75, 3.05) is 0 Å². The summed E-state index contributed by atoms with van der Waals surface area (Å²) in [5, 5.41) is 8.81. The smallest absolute Gasteiger partial charge is 0.354 e. The molecule has 0 radical (unpaired) electrons. The van der Waals surface area contributed by atoms with Crippen LogP contribution in [0.4, 0.5) is 4.39 Å². The zero-order valence-electron chi connectivity index (χ0n) is 7.57. The van der Waals surface area contributed by atoms with Gasteiger partial charge in [-0.15, -0.1) is 0 Å². The molecule has 0 aliphatic heterocycles. The predicted octanol–water partition coefficient (Wildman–Crippen LogP) is 1.91. The largest absolute Gasteiger partial charge is 0.477 e. The van der Waals surface area contributed by atoms with Crippen molar-refractivity contribution < 1.29 is 14.3 Å². The van der Waals surface area contributed by atoms with Crippen molar-refractivity contribution in [1.82, 2.24) is 9.97 Å². The van der Waals surface area contributed by atoms with Crippen LogP contribution in [0.3, 0.4) is 0 Å². The van der Waals surface area contributed by atoms with Gasteiger partial charge in [0, 0.05) is 5.56 Å². The molecule has 0 bridgehead atoms. The van der Waals surface area contributed by atoms with Crippen LogP contribution >= 0.6 is 0 Å². The molecule has 5 heteroatoms. The molecule has 0 spiro atoms. The first-order valence-electron chi connectivity index (χ1n) is 4.21. The van der Waals surface area contributed by atoms with Crippen molar-refractivity contribution in [3.63, 3.8) is 0 Å². The van der Waals surface area contributed by atoms with E-state index in [0.717, 1.165) is 0 Å². The third-order valence-corrected chi connectivity index (χ3v) is 1.98. The summed E-state index contributed by atoms with van der Waals surface area (Å²) in [6, 6.07) is 5.90. The zero-order valence-corrected chi connectivity index (χ0v) is 7.57. The Kier molecular flexibility index (Phi) is 2.21. The molecule has 2 rings (SSSR count). The molecule has 4 nitrogen and oxygen atoms in total. The number of aromatic carboxylic acids is 1. The number of nitrogens with one attached hydrogen (secondary N) is 1. The number of aromatic nitrogens is 2. The zero-order chi connectivity index (χ0) is 10.8. The van der Waals surface area contributed by atoms with Gasteiger partial charge in [-0.1, -0.05) is 12.1 Å². The molecule has 15 heavy (non-hydrogen) atoms. The van der Waals surface area contributed by atoms with Gasteiger partial charge in [0.25, 0.3) is 0 Å². The molecular formula is C10H7FN2O2. The lowest BCUT2D eigenvalue weighted by atomic mass is 10.1. The van der Waals surface area contributed by atoms with Crippen LogP contribution in [0.2, 0.25) is 0 Å². The van der Waals surface area contributed by atoms with Gasteiger partial charge in [0.1, 0.15) is 11.5 Å². The van der Waals surface area contributed by atoms with E-state index in [4.69, 9.17) is 5.11 Å². The van der Waals surface area contributed by atoms with Crippen molar-refractivity contribution in [2.45, 2.75) is 0 Å². The van der Waals surface area contributed by atoms with Gasteiger partial charge in [0.2, 0.25) is 0 Å². The second-order valence-corrected chi connectivity index (χ2v) is 2.91. The van der Waals surface area contributed by atoms with Crippen LogP contribution in [0.5, 0.6) is 0 Å². The van der Waals surface area contributed by atoms with Crippen LogP contribution < -0.4 is 0 Å². The number of hydrogen-bond acceptors (Lipinski definition) is 2. The van der Waals surface area contributed by atoms with Gasteiger partial charge in [-0.05, 0) is 12.1 Å². The fourth-order valence-electron chi connectivity index (χ4n) is 1.31. The standard InChI is InChI=1S/C10H7FN2O2/c11-7-4-2-1-3-6(7)8-9(10(14)15)13-5-12-8/h1-5H,(H,12,13)(H,14,15). The van der Waals surface area contributed by atoms with Crippen molar-refractivity contribution in [2.24, 2.45) is 0 Å². The molecule has 0 saturated carbocycles. The third-order valence-electron chi connectivity index (χ3n) is 1.98. The Morgan fingerprint density at radius 2 is 2.13 bits per heavy atom. The van der Waals surface area contributed by atoms with E-state index < -0.39 is 11.8 Å². The Hall–Kier alpha value is -2.17. The van der Waals surface area contributed by atoms with Crippen molar-refractivity contribution in [3.05, 3.63) is 42.1 Å². The van der Waals surface area contributed by atoms with Crippen molar-refractivity contribution >= 4 is 5.97 Å². The minimum Gasteiger partial charge on any atom is -0.477 e. The van der Waals surface area contributed by atoms with E-state index in [1.54, 1.807) is 6.07 Å². The van der Waals surface area contributed by atoms with E-state index >= 15 is 0 Å². The van der Waals surface area contributed by atoms with Crippen LogP contribution in [0.25, 0.3) is 11.3 Å². The highest BCUT2D eigenvalue weighted by Gasteiger charge is 2.16. The number of nitrogens with zero attached hydrogens (tertiary/aromatic N) is 1. The number of carboxylic acid groups (broad SMARTS) is 1. The number of hydrogen-bond donors (Lipinski definition) is 2. The SMILES string of the molecule is O=C(O)c1[nH]cnc1-c1ccccc1F. The molecule has 0 atom stereocenters. The van der Waals surface area contributed by atoms with E-state index in [1.807, 2.05) is 0 Å². The number of carbonyl (C=O) groups is 1. The minimum atomic E-state index is -1.16. The Morgan fingerprint density at radius 1 is 1.40 bits per heavy atom. The highest BCUT2D eigenvalue weighted by atomic mass is 19.1. The number of rotatable bonds is 2. The van der Waals surface area contributed by atoms with Gasteiger partial charge in [0.05, 0.1) is 6.33 Å². The number of H-pyrrole nitrogens is 1. The summed E-state index contributed by atoms with van der Waals surface area (Å²) in [4.78, 5) is 17.0. The van der Waals surface area contributed by atoms with E-state index in [-0.39, 0.29) is 17.0 Å². The van der Waals surface area contributed by atoms with E-state index in [9.17, 15) is 9.18 Å². The summed E-state index contributed by atoms with van der Waals surface area (Å²) in [6.45, 7) is 0. The van der Waals surface area contributed by atoms with Gasteiger partial charge in [-0.25, -0.2) is 14.2 Å². The summed E-state index contributed by atoms with van der Waals surface area (Å²) in [7, 11) is 0. The molecular weight excluding hydrogens is 199 g/mol.